The summed E-state index contributed by atoms with van der Waals surface area (Å²) in [7, 11) is 1.54. The van der Waals surface area contributed by atoms with Crippen LogP contribution in [-0.2, 0) is 12.7 Å². The van der Waals surface area contributed by atoms with Crippen LogP contribution in [0.25, 0.3) is 5.69 Å². The summed E-state index contributed by atoms with van der Waals surface area (Å²) in [6, 6.07) is 10.2. The number of aromatic nitrogens is 2. The summed E-state index contributed by atoms with van der Waals surface area (Å²) >= 11 is 0. The molecular weight excluding hydrogens is 362 g/mol. The molecule has 0 aliphatic carbocycles. The second-order valence-electron chi connectivity index (χ2n) is 5.98. The summed E-state index contributed by atoms with van der Waals surface area (Å²) in [5, 5.41) is 0. The number of hydrogen-bond acceptors (Lipinski definition) is 2. The molecule has 3 rings (SSSR count). The van der Waals surface area contributed by atoms with Crippen molar-refractivity contribution in [1.29, 1.82) is 0 Å². The van der Waals surface area contributed by atoms with Crippen LogP contribution in [-0.4, -0.2) is 27.4 Å². The van der Waals surface area contributed by atoms with E-state index in [2.05, 4.69) is 4.98 Å². The molecule has 0 aliphatic rings. The number of alkyl halides is 3. The molecule has 3 aromatic rings. The number of benzene rings is 2. The summed E-state index contributed by atoms with van der Waals surface area (Å²) in [4.78, 5) is 18.0. The van der Waals surface area contributed by atoms with E-state index in [9.17, 15) is 22.4 Å². The first-order chi connectivity index (χ1) is 12.8. The molecule has 8 heteroatoms. The maximum Gasteiger partial charge on any atom is 0.416 e. The van der Waals surface area contributed by atoms with Gasteiger partial charge in [-0.2, -0.15) is 13.2 Å². The molecule has 2 aromatic carbocycles. The van der Waals surface area contributed by atoms with Crippen LogP contribution in [0.1, 0.15) is 21.6 Å². The Morgan fingerprint density at radius 1 is 1.07 bits per heavy atom. The van der Waals surface area contributed by atoms with Crippen LogP contribution in [0.2, 0.25) is 0 Å². The van der Waals surface area contributed by atoms with Crippen molar-refractivity contribution in [1.82, 2.24) is 14.5 Å². The van der Waals surface area contributed by atoms with Crippen molar-refractivity contribution >= 4 is 5.91 Å². The Bertz CT molecular complexity index is 931. The van der Waals surface area contributed by atoms with Gasteiger partial charge in [-0.1, -0.05) is 12.1 Å². The van der Waals surface area contributed by atoms with Gasteiger partial charge in [0.15, 0.2) is 0 Å². The largest absolute Gasteiger partial charge is 0.416 e. The van der Waals surface area contributed by atoms with Crippen LogP contribution in [0, 0.1) is 5.82 Å². The highest BCUT2D eigenvalue weighted by molar-refractivity contribution is 5.92. The van der Waals surface area contributed by atoms with Crippen molar-refractivity contribution in [2.24, 2.45) is 0 Å². The lowest BCUT2D eigenvalue weighted by Gasteiger charge is -2.18. The highest BCUT2D eigenvalue weighted by atomic mass is 19.4. The number of imidazole rings is 1. The molecule has 0 radical (unpaired) electrons. The first kappa shape index (κ1) is 18.6. The zero-order valence-corrected chi connectivity index (χ0v) is 14.2. The summed E-state index contributed by atoms with van der Waals surface area (Å²) in [6.45, 7) is 0.131. The highest BCUT2D eigenvalue weighted by Gasteiger charge is 2.30. The molecule has 0 bridgehead atoms. The van der Waals surface area contributed by atoms with E-state index in [0.29, 0.717) is 11.3 Å². The Kier molecular flexibility index (Phi) is 4.98. The van der Waals surface area contributed by atoms with Crippen LogP contribution in [0.15, 0.2) is 61.1 Å². The Morgan fingerprint density at radius 3 is 2.30 bits per heavy atom. The third-order valence-corrected chi connectivity index (χ3v) is 4.01. The van der Waals surface area contributed by atoms with Crippen molar-refractivity contribution in [3.63, 3.8) is 0 Å². The van der Waals surface area contributed by atoms with E-state index in [4.69, 9.17) is 0 Å². The molecule has 0 N–H and O–H groups in total. The first-order valence-corrected chi connectivity index (χ1v) is 7.95. The smallest absolute Gasteiger partial charge is 0.336 e. The van der Waals surface area contributed by atoms with Crippen LogP contribution in [0.3, 0.4) is 0 Å². The Labute approximate surface area is 152 Å². The van der Waals surface area contributed by atoms with Crippen LogP contribution in [0.4, 0.5) is 17.6 Å². The molecule has 0 saturated carbocycles. The van der Waals surface area contributed by atoms with Gasteiger partial charge in [0.1, 0.15) is 11.5 Å². The average molecular weight is 377 g/mol. The molecule has 1 amide bonds. The topological polar surface area (TPSA) is 38.1 Å². The Morgan fingerprint density at radius 2 is 1.70 bits per heavy atom. The fraction of sp³-hybridized carbons (Fsp3) is 0.158. The van der Waals surface area contributed by atoms with Gasteiger partial charge in [-0.25, -0.2) is 9.37 Å². The predicted molar refractivity (Wildman–Crippen MR) is 90.8 cm³/mol. The SMILES string of the molecule is CN(Cc1ccc(C(F)(F)F)cc1)C(=O)c1cncn1-c1ccc(F)cc1. The van der Waals surface area contributed by atoms with Gasteiger partial charge in [0.2, 0.25) is 0 Å². The van der Waals surface area contributed by atoms with E-state index < -0.39 is 17.6 Å². The number of carbonyl (C=O) groups is 1. The number of rotatable bonds is 4. The second kappa shape index (κ2) is 7.22. The van der Waals surface area contributed by atoms with Crippen molar-refractivity contribution in [2.45, 2.75) is 12.7 Å². The van der Waals surface area contributed by atoms with Gasteiger partial charge in [-0.15, -0.1) is 0 Å². The number of nitrogens with zero attached hydrogens (tertiary/aromatic N) is 3. The molecular formula is C19H15F4N3O. The molecule has 1 heterocycles. The van der Waals surface area contributed by atoms with E-state index in [1.54, 1.807) is 7.05 Å². The molecule has 0 aliphatic heterocycles. The zero-order chi connectivity index (χ0) is 19.6. The van der Waals surface area contributed by atoms with E-state index in [1.807, 2.05) is 0 Å². The van der Waals surface area contributed by atoms with E-state index in [-0.39, 0.29) is 18.1 Å². The monoisotopic (exact) mass is 377 g/mol. The van der Waals surface area contributed by atoms with Gasteiger partial charge in [0.05, 0.1) is 18.1 Å². The van der Waals surface area contributed by atoms with Gasteiger partial charge >= 0.3 is 6.18 Å². The normalized spacial score (nSPS) is 11.4. The predicted octanol–water partition coefficient (Wildman–Crippen LogP) is 4.30. The van der Waals surface area contributed by atoms with Gasteiger partial charge in [-0.05, 0) is 42.0 Å². The summed E-state index contributed by atoms with van der Waals surface area (Å²) in [5.41, 5.74) is 0.650. The van der Waals surface area contributed by atoms with Gasteiger partial charge in [0, 0.05) is 19.3 Å². The van der Waals surface area contributed by atoms with Crippen LogP contribution < -0.4 is 0 Å². The van der Waals surface area contributed by atoms with Gasteiger partial charge in [0.25, 0.3) is 5.91 Å². The number of amides is 1. The lowest BCUT2D eigenvalue weighted by Crippen LogP contribution is -2.28. The number of hydrogen-bond donors (Lipinski definition) is 0. The lowest BCUT2D eigenvalue weighted by atomic mass is 10.1. The van der Waals surface area contributed by atoms with E-state index >= 15 is 0 Å². The maximum absolute atomic E-state index is 13.1. The van der Waals surface area contributed by atoms with E-state index in [0.717, 1.165) is 12.1 Å². The molecule has 27 heavy (non-hydrogen) atoms. The average Bonchev–Trinajstić information content (AvgIpc) is 3.11. The summed E-state index contributed by atoms with van der Waals surface area (Å²) in [6.07, 6.45) is -1.58. The van der Waals surface area contributed by atoms with E-state index in [1.165, 1.54) is 58.4 Å². The van der Waals surface area contributed by atoms with Crippen molar-refractivity contribution < 1.29 is 22.4 Å². The highest BCUT2D eigenvalue weighted by Crippen LogP contribution is 2.29. The minimum atomic E-state index is -4.40. The fourth-order valence-corrected chi connectivity index (χ4v) is 2.60. The number of halogens is 4. The molecule has 0 atom stereocenters. The molecule has 140 valence electrons. The molecule has 1 aromatic heterocycles. The first-order valence-electron chi connectivity index (χ1n) is 7.95. The van der Waals surface area contributed by atoms with Crippen molar-refractivity contribution in [2.75, 3.05) is 7.05 Å². The molecule has 0 saturated heterocycles. The van der Waals surface area contributed by atoms with Crippen LogP contribution >= 0.6 is 0 Å². The Balaban J connectivity index is 1.77. The van der Waals surface area contributed by atoms with Crippen molar-refractivity contribution in [3.05, 3.63) is 83.7 Å². The lowest BCUT2D eigenvalue weighted by molar-refractivity contribution is -0.137. The van der Waals surface area contributed by atoms with Gasteiger partial charge < -0.3 is 4.90 Å². The number of carbonyl (C=O) groups excluding carboxylic acids is 1. The third kappa shape index (κ3) is 4.16. The minimum Gasteiger partial charge on any atom is -0.336 e. The Hall–Kier alpha value is -3.16. The molecule has 0 spiro atoms. The standard InChI is InChI=1S/C19H15F4N3O/c1-25(11-13-2-4-14(5-3-13)19(21,22)23)18(27)17-10-24-12-26(17)16-8-6-15(20)7-9-16/h2-10,12H,11H2,1H3. The van der Waals surface area contributed by atoms with Gasteiger partial charge in [-0.3, -0.25) is 9.36 Å². The summed E-state index contributed by atoms with van der Waals surface area (Å²) < 4.78 is 52.5. The molecule has 0 unspecified atom stereocenters. The van der Waals surface area contributed by atoms with Crippen molar-refractivity contribution in [3.8, 4) is 5.69 Å². The quantitative estimate of drug-likeness (QED) is 0.636. The summed E-state index contributed by atoms with van der Waals surface area (Å²) in [5.74, 6) is -0.761. The van der Waals surface area contributed by atoms with Crippen LogP contribution in [0.5, 0.6) is 0 Å². The maximum atomic E-state index is 13.1. The minimum absolute atomic E-state index is 0.131. The zero-order valence-electron chi connectivity index (χ0n) is 14.2. The fourth-order valence-electron chi connectivity index (χ4n) is 2.60. The third-order valence-electron chi connectivity index (χ3n) is 4.01. The molecule has 4 nitrogen and oxygen atoms in total. The second-order valence-corrected chi connectivity index (χ2v) is 5.98. The molecule has 0 fully saturated rings.